The Morgan fingerprint density at radius 1 is 1.19 bits per heavy atom. The van der Waals surface area contributed by atoms with Crippen molar-refractivity contribution in [2.24, 2.45) is 5.92 Å². The van der Waals surface area contributed by atoms with Crippen LogP contribution in [0.25, 0.3) is 0 Å². The Hall–Kier alpha value is -1.67. The quantitative estimate of drug-likeness (QED) is 0.714. The Labute approximate surface area is 163 Å². The molecule has 5 nitrogen and oxygen atoms in total. The number of halogens is 4. The largest absolute Gasteiger partial charge is 0.480 e. The highest BCUT2D eigenvalue weighted by Crippen LogP contribution is 2.28. The van der Waals surface area contributed by atoms with Gasteiger partial charge in [-0.1, -0.05) is 12.1 Å². The van der Waals surface area contributed by atoms with Crippen molar-refractivity contribution >= 4 is 18.3 Å². The molecule has 1 aliphatic rings. The molecule has 0 spiro atoms. The third-order valence-corrected chi connectivity index (χ3v) is 4.36. The van der Waals surface area contributed by atoms with Gasteiger partial charge in [-0.3, -0.25) is 4.79 Å². The van der Waals surface area contributed by atoms with Crippen LogP contribution in [0.2, 0.25) is 0 Å². The molecule has 0 aromatic heterocycles. The Bertz CT molecular complexity index is 579. The number of ether oxygens (including phenoxy) is 2. The van der Waals surface area contributed by atoms with Crippen LogP contribution in [0.15, 0.2) is 24.3 Å². The lowest BCUT2D eigenvalue weighted by Gasteiger charge is -2.32. The van der Waals surface area contributed by atoms with Gasteiger partial charge < -0.3 is 19.7 Å². The Balaban J connectivity index is 0.00000364. The van der Waals surface area contributed by atoms with E-state index in [9.17, 15) is 18.0 Å². The van der Waals surface area contributed by atoms with Gasteiger partial charge in [-0.25, -0.2) is 0 Å². The van der Waals surface area contributed by atoms with E-state index >= 15 is 0 Å². The lowest BCUT2D eigenvalue weighted by atomic mass is 9.93. The fourth-order valence-electron chi connectivity index (χ4n) is 2.90. The number of hydrogen-bond acceptors (Lipinski definition) is 4. The molecule has 0 aliphatic carbocycles. The first kappa shape index (κ1) is 23.4. The predicted molar refractivity (Wildman–Crippen MR) is 98.6 cm³/mol. The molecule has 1 N–H and O–H groups in total. The molecule has 0 bridgehead atoms. The van der Waals surface area contributed by atoms with Crippen molar-refractivity contribution in [3.05, 3.63) is 24.3 Å². The van der Waals surface area contributed by atoms with Crippen molar-refractivity contribution in [2.75, 3.05) is 39.9 Å². The maximum Gasteiger partial charge on any atom is 0.422 e. The number of alkyl halides is 3. The number of hydrogen-bond donors (Lipinski definition) is 1. The number of nitrogens with one attached hydrogen (secondary N) is 1. The fourth-order valence-corrected chi connectivity index (χ4v) is 2.90. The van der Waals surface area contributed by atoms with Crippen LogP contribution in [-0.4, -0.2) is 56.9 Å². The molecule has 9 heteroatoms. The number of carbonyl (C=O) groups excluding carboxylic acids is 1. The molecule has 1 fully saturated rings. The van der Waals surface area contributed by atoms with Crippen molar-refractivity contribution in [3.63, 3.8) is 0 Å². The topological polar surface area (TPSA) is 50.8 Å². The summed E-state index contributed by atoms with van der Waals surface area (Å²) in [5.41, 5.74) is 0. The van der Waals surface area contributed by atoms with Gasteiger partial charge in [0.1, 0.15) is 0 Å². The normalized spacial score (nSPS) is 15.2. The monoisotopic (exact) mass is 410 g/mol. The first-order chi connectivity index (χ1) is 12.4. The zero-order chi connectivity index (χ0) is 19.0. The minimum Gasteiger partial charge on any atom is -0.480 e. The summed E-state index contributed by atoms with van der Waals surface area (Å²) in [6.07, 6.45) is -1.42. The van der Waals surface area contributed by atoms with Crippen molar-refractivity contribution in [2.45, 2.75) is 25.4 Å². The Kier molecular flexibility index (Phi) is 9.73. The van der Waals surface area contributed by atoms with Crippen LogP contribution in [0.1, 0.15) is 19.3 Å². The third kappa shape index (κ3) is 8.26. The summed E-state index contributed by atoms with van der Waals surface area (Å²) in [4.78, 5) is 14.0. The standard InChI is InChI=1S/C18H25F3N2O3.ClH/c1-22-9-6-14-7-10-23(11-8-14)17(24)12-25-15-4-2-3-5-16(15)26-13-18(19,20)21;/h2-5,14,22H,6-13H2,1H3;1H. The van der Waals surface area contributed by atoms with Crippen LogP contribution in [0.5, 0.6) is 11.5 Å². The van der Waals surface area contributed by atoms with E-state index < -0.39 is 12.8 Å². The molecule has 0 unspecified atom stereocenters. The van der Waals surface area contributed by atoms with Gasteiger partial charge in [0.15, 0.2) is 24.7 Å². The van der Waals surface area contributed by atoms with E-state index in [0.717, 1.165) is 25.8 Å². The van der Waals surface area contributed by atoms with E-state index in [-0.39, 0.29) is 36.4 Å². The Morgan fingerprint density at radius 2 is 1.78 bits per heavy atom. The van der Waals surface area contributed by atoms with Gasteiger partial charge >= 0.3 is 6.18 Å². The molecule has 0 atom stereocenters. The number of likely N-dealkylation sites (tertiary alicyclic amines) is 1. The highest BCUT2D eigenvalue weighted by molar-refractivity contribution is 5.85. The van der Waals surface area contributed by atoms with E-state index in [4.69, 9.17) is 9.47 Å². The number of amides is 1. The van der Waals surface area contributed by atoms with Crippen LogP contribution >= 0.6 is 12.4 Å². The van der Waals surface area contributed by atoms with Gasteiger partial charge in [-0.05, 0) is 50.9 Å². The Morgan fingerprint density at radius 3 is 2.33 bits per heavy atom. The summed E-state index contributed by atoms with van der Waals surface area (Å²) in [5, 5.41) is 3.13. The number of para-hydroxylation sites is 2. The van der Waals surface area contributed by atoms with Crippen LogP contribution in [0.4, 0.5) is 13.2 Å². The second kappa shape index (κ2) is 11.2. The molecule has 27 heavy (non-hydrogen) atoms. The fraction of sp³-hybridized carbons (Fsp3) is 0.611. The van der Waals surface area contributed by atoms with Crippen LogP contribution in [-0.2, 0) is 4.79 Å². The molecule has 1 saturated heterocycles. The first-order valence-electron chi connectivity index (χ1n) is 8.73. The second-order valence-corrected chi connectivity index (χ2v) is 6.36. The van der Waals surface area contributed by atoms with Gasteiger partial charge in [0.25, 0.3) is 5.91 Å². The first-order valence-corrected chi connectivity index (χ1v) is 8.73. The minimum absolute atomic E-state index is 0. The van der Waals surface area contributed by atoms with Crippen molar-refractivity contribution in [3.8, 4) is 11.5 Å². The summed E-state index contributed by atoms with van der Waals surface area (Å²) in [6.45, 7) is 0.719. The van der Waals surface area contributed by atoms with Gasteiger partial charge in [0.2, 0.25) is 0 Å². The summed E-state index contributed by atoms with van der Waals surface area (Å²) in [6, 6.07) is 6.05. The molecule has 154 valence electrons. The number of carbonyl (C=O) groups is 1. The second-order valence-electron chi connectivity index (χ2n) is 6.36. The molecule has 1 amide bonds. The zero-order valence-corrected chi connectivity index (χ0v) is 16.1. The van der Waals surface area contributed by atoms with Crippen molar-refractivity contribution in [1.29, 1.82) is 0 Å². The molecular weight excluding hydrogens is 385 g/mol. The van der Waals surface area contributed by atoms with E-state index in [1.54, 1.807) is 17.0 Å². The number of rotatable bonds is 8. The molecule has 1 heterocycles. The van der Waals surface area contributed by atoms with E-state index in [1.807, 2.05) is 7.05 Å². The van der Waals surface area contributed by atoms with Crippen LogP contribution in [0, 0.1) is 5.92 Å². The number of benzene rings is 1. The summed E-state index contributed by atoms with van der Waals surface area (Å²) >= 11 is 0. The van der Waals surface area contributed by atoms with E-state index in [2.05, 4.69) is 5.32 Å². The highest BCUT2D eigenvalue weighted by atomic mass is 35.5. The highest BCUT2D eigenvalue weighted by Gasteiger charge is 2.29. The van der Waals surface area contributed by atoms with E-state index in [0.29, 0.717) is 19.0 Å². The van der Waals surface area contributed by atoms with Gasteiger partial charge in [-0.2, -0.15) is 13.2 Å². The molecule has 0 radical (unpaired) electrons. The molecule has 1 aromatic rings. The average molecular weight is 411 g/mol. The molecule has 1 aliphatic heterocycles. The van der Waals surface area contributed by atoms with Gasteiger partial charge in [-0.15, -0.1) is 12.4 Å². The summed E-state index contributed by atoms with van der Waals surface area (Å²) in [7, 11) is 1.92. The minimum atomic E-state index is -4.43. The van der Waals surface area contributed by atoms with Crippen molar-refractivity contribution in [1.82, 2.24) is 10.2 Å². The van der Waals surface area contributed by atoms with Gasteiger partial charge in [0.05, 0.1) is 0 Å². The third-order valence-electron chi connectivity index (χ3n) is 4.36. The molecule has 2 rings (SSSR count). The zero-order valence-electron chi connectivity index (χ0n) is 15.3. The number of nitrogens with zero attached hydrogens (tertiary/aromatic N) is 1. The maximum atomic E-state index is 12.3. The lowest BCUT2D eigenvalue weighted by molar-refractivity contribution is -0.153. The predicted octanol–water partition coefficient (Wildman–Crippen LogP) is 3.28. The summed E-state index contributed by atoms with van der Waals surface area (Å²) in [5.74, 6) is 0.559. The van der Waals surface area contributed by atoms with Crippen LogP contribution < -0.4 is 14.8 Å². The molecule has 0 saturated carbocycles. The SMILES string of the molecule is CNCCC1CCN(C(=O)COc2ccccc2OCC(F)(F)F)CC1.Cl. The van der Waals surface area contributed by atoms with E-state index in [1.165, 1.54) is 12.1 Å². The molecule has 1 aromatic carbocycles. The smallest absolute Gasteiger partial charge is 0.422 e. The lowest BCUT2D eigenvalue weighted by Crippen LogP contribution is -2.41. The molecular formula is C18H26ClF3N2O3. The van der Waals surface area contributed by atoms with Gasteiger partial charge in [0, 0.05) is 13.1 Å². The average Bonchev–Trinajstić information content (AvgIpc) is 2.63. The number of piperidine rings is 1. The maximum absolute atomic E-state index is 12.3. The van der Waals surface area contributed by atoms with Crippen LogP contribution in [0.3, 0.4) is 0 Å². The van der Waals surface area contributed by atoms with Crippen molar-refractivity contribution < 1.29 is 27.4 Å². The summed E-state index contributed by atoms with van der Waals surface area (Å²) < 4.78 is 47.1.